The van der Waals surface area contributed by atoms with Crippen LogP contribution in [0.5, 0.6) is 0 Å². The quantitative estimate of drug-likeness (QED) is 0.461. The van der Waals surface area contributed by atoms with Crippen LogP contribution in [0.2, 0.25) is 5.02 Å². The van der Waals surface area contributed by atoms with Gasteiger partial charge in [0, 0.05) is 44.5 Å². The molecule has 1 atom stereocenters. The highest BCUT2D eigenvalue weighted by atomic mass is 35.5. The SMILES string of the molecule is CC(=O)OCC(=O)N1CC(Nc2ncc3c(n2)C(C)(c2cccc(Cl)c2F)CN(c2ncccc2F)C3=O)C1. The van der Waals surface area contributed by atoms with Gasteiger partial charge in [-0.25, -0.2) is 23.7 Å². The number of nitrogens with zero attached hydrogens (tertiary/aromatic N) is 5. The predicted molar refractivity (Wildman–Crippen MR) is 136 cm³/mol. The lowest BCUT2D eigenvalue weighted by Crippen LogP contribution is -2.58. The van der Waals surface area contributed by atoms with Crippen molar-refractivity contribution in [3.8, 4) is 0 Å². The highest BCUT2D eigenvalue weighted by Crippen LogP contribution is 2.42. The number of hydrogen-bond donors (Lipinski definition) is 1. The second-order valence-corrected chi connectivity index (χ2v) is 9.92. The molecule has 0 radical (unpaired) electrons. The lowest BCUT2D eigenvalue weighted by Gasteiger charge is -2.41. The Labute approximate surface area is 227 Å². The Hall–Kier alpha value is -4.19. The third kappa shape index (κ3) is 4.87. The molecule has 0 aliphatic carbocycles. The van der Waals surface area contributed by atoms with Gasteiger partial charge >= 0.3 is 5.97 Å². The van der Waals surface area contributed by atoms with Crippen LogP contribution in [0, 0.1) is 11.6 Å². The van der Waals surface area contributed by atoms with Crippen molar-refractivity contribution in [3.63, 3.8) is 0 Å². The normalized spacial score (nSPS) is 18.8. The molecule has 2 aliphatic rings. The van der Waals surface area contributed by atoms with E-state index in [0.29, 0.717) is 13.1 Å². The fourth-order valence-corrected chi connectivity index (χ4v) is 4.91. The van der Waals surface area contributed by atoms with Crippen LogP contribution >= 0.6 is 11.6 Å². The fourth-order valence-electron chi connectivity index (χ4n) is 4.74. The van der Waals surface area contributed by atoms with Crippen LogP contribution in [0.15, 0.2) is 42.7 Å². The van der Waals surface area contributed by atoms with E-state index in [4.69, 9.17) is 16.3 Å². The number of carbonyl (C=O) groups excluding carboxylic acids is 3. The zero-order valence-electron chi connectivity index (χ0n) is 21.0. The molecule has 2 aliphatic heterocycles. The molecule has 0 spiro atoms. The van der Waals surface area contributed by atoms with E-state index in [1.165, 1.54) is 42.4 Å². The summed E-state index contributed by atoms with van der Waals surface area (Å²) in [7, 11) is 0. The fraction of sp³-hybridized carbons (Fsp3) is 0.308. The molecule has 1 N–H and O–H groups in total. The van der Waals surface area contributed by atoms with Crippen molar-refractivity contribution in [2.24, 2.45) is 0 Å². The molecule has 3 aromatic rings. The van der Waals surface area contributed by atoms with Crippen LogP contribution in [0.3, 0.4) is 0 Å². The van der Waals surface area contributed by atoms with E-state index in [2.05, 4.69) is 20.3 Å². The van der Waals surface area contributed by atoms with Crippen molar-refractivity contribution in [2.75, 3.05) is 36.5 Å². The molecular formula is C26H23ClF2N6O4. The average molecular weight is 557 g/mol. The number of aromatic nitrogens is 3. The summed E-state index contributed by atoms with van der Waals surface area (Å²) in [4.78, 5) is 52.1. The number of likely N-dealkylation sites (tertiary alicyclic amines) is 1. The van der Waals surface area contributed by atoms with Gasteiger partial charge in [-0.15, -0.1) is 0 Å². The maximum atomic E-state index is 15.4. The molecular weight excluding hydrogens is 534 g/mol. The third-order valence-electron chi connectivity index (χ3n) is 6.77. The van der Waals surface area contributed by atoms with E-state index in [9.17, 15) is 18.8 Å². The Morgan fingerprint density at radius 2 is 1.97 bits per heavy atom. The molecule has 4 heterocycles. The number of halogens is 3. The summed E-state index contributed by atoms with van der Waals surface area (Å²) < 4.78 is 34.8. The molecule has 1 unspecified atom stereocenters. The molecule has 1 saturated heterocycles. The molecule has 2 aromatic heterocycles. The lowest BCUT2D eigenvalue weighted by molar-refractivity contribution is -0.152. The van der Waals surface area contributed by atoms with E-state index < -0.39 is 28.9 Å². The average Bonchev–Trinajstić information content (AvgIpc) is 2.88. The second-order valence-electron chi connectivity index (χ2n) is 9.51. The van der Waals surface area contributed by atoms with E-state index >= 15 is 4.39 Å². The van der Waals surface area contributed by atoms with Crippen molar-refractivity contribution in [2.45, 2.75) is 25.3 Å². The van der Waals surface area contributed by atoms with Crippen molar-refractivity contribution >= 4 is 41.2 Å². The van der Waals surface area contributed by atoms with Gasteiger partial charge in [0.2, 0.25) is 5.95 Å². The van der Waals surface area contributed by atoms with Gasteiger partial charge in [-0.2, -0.15) is 0 Å². The minimum absolute atomic E-state index is 0.0607. The molecule has 5 rings (SSSR count). The zero-order chi connectivity index (χ0) is 27.9. The molecule has 0 saturated carbocycles. The number of ether oxygens (including phenoxy) is 1. The number of nitrogens with one attached hydrogen (secondary N) is 1. The van der Waals surface area contributed by atoms with Crippen LogP contribution < -0.4 is 10.2 Å². The van der Waals surface area contributed by atoms with Crippen molar-refractivity contribution in [1.82, 2.24) is 19.9 Å². The van der Waals surface area contributed by atoms with Gasteiger partial charge in [-0.05, 0) is 25.1 Å². The Morgan fingerprint density at radius 1 is 1.21 bits per heavy atom. The minimum atomic E-state index is -1.26. The maximum Gasteiger partial charge on any atom is 0.303 e. The number of rotatable bonds is 6. The highest BCUT2D eigenvalue weighted by molar-refractivity contribution is 6.30. The van der Waals surface area contributed by atoms with E-state index in [-0.39, 0.29) is 58.7 Å². The summed E-state index contributed by atoms with van der Waals surface area (Å²) in [5, 5.41) is 3.01. The maximum absolute atomic E-state index is 15.4. The number of benzene rings is 1. The first-order chi connectivity index (χ1) is 18.6. The van der Waals surface area contributed by atoms with E-state index in [0.717, 1.165) is 4.90 Å². The lowest BCUT2D eigenvalue weighted by atomic mass is 9.74. The van der Waals surface area contributed by atoms with Gasteiger partial charge in [0.05, 0.1) is 27.7 Å². The van der Waals surface area contributed by atoms with Gasteiger partial charge in [0.15, 0.2) is 18.2 Å². The van der Waals surface area contributed by atoms with Crippen LogP contribution in [0.1, 0.15) is 35.5 Å². The largest absolute Gasteiger partial charge is 0.456 e. The molecule has 2 amide bonds. The molecule has 202 valence electrons. The van der Waals surface area contributed by atoms with E-state index in [1.54, 1.807) is 19.1 Å². The van der Waals surface area contributed by atoms with Gasteiger partial charge in [-0.1, -0.05) is 23.7 Å². The zero-order valence-corrected chi connectivity index (χ0v) is 21.7. The molecule has 39 heavy (non-hydrogen) atoms. The molecule has 13 heteroatoms. The summed E-state index contributed by atoms with van der Waals surface area (Å²) in [6.45, 7) is 3.06. The van der Waals surface area contributed by atoms with Crippen LogP contribution in [-0.4, -0.2) is 69.9 Å². The number of amides is 2. The van der Waals surface area contributed by atoms with Gasteiger partial charge in [0.1, 0.15) is 5.82 Å². The molecule has 0 bridgehead atoms. The number of carbonyl (C=O) groups is 3. The first kappa shape index (κ1) is 26.4. The molecule has 1 aromatic carbocycles. The Balaban J connectivity index is 1.47. The number of hydrogen-bond acceptors (Lipinski definition) is 8. The van der Waals surface area contributed by atoms with Crippen molar-refractivity contribution < 1.29 is 27.9 Å². The summed E-state index contributed by atoms with van der Waals surface area (Å²) in [6.07, 6.45) is 2.67. The smallest absolute Gasteiger partial charge is 0.303 e. The number of esters is 1. The first-order valence-corrected chi connectivity index (χ1v) is 12.4. The number of fused-ring (bicyclic) bond motifs is 1. The minimum Gasteiger partial charge on any atom is -0.456 e. The predicted octanol–water partition coefficient (Wildman–Crippen LogP) is 2.96. The summed E-state index contributed by atoms with van der Waals surface area (Å²) in [5.74, 6) is -2.87. The van der Waals surface area contributed by atoms with Crippen LogP contribution in [0.4, 0.5) is 20.5 Å². The summed E-state index contributed by atoms with van der Waals surface area (Å²) in [5.41, 5.74) is -0.792. The van der Waals surface area contributed by atoms with Crippen molar-refractivity contribution in [3.05, 3.63) is 76.2 Å². The molecule has 10 nitrogen and oxygen atoms in total. The first-order valence-electron chi connectivity index (χ1n) is 12.0. The van der Waals surface area contributed by atoms with Gasteiger partial charge in [-0.3, -0.25) is 19.3 Å². The summed E-state index contributed by atoms with van der Waals surface area (Å²) in [6, 6.07) is 6.93. The van der Waals surface area contributed by atoms with Gasteiger partial charge in [0.25, 0.3) is 11.8 Å². The third-order valence-corrected chi connectivity index (χ3v) is 7.06. The Morgan fingerprint density at radius 3 is 2.69 bits per heavy atom. The van der Waals surface area contributed by atoms with Gasteiger partial charge < -0.3 is 15.0 Å². The monoisotopic (exact) mass is 556 g/mol. The van der Waals surface area contributed by atoms with Crippen molar-refractivity contribution in [1.29, 1.82) is 0 Å². The van der Waals surface area contributed by atoms with E-state index in [1.807, 2.05) is 0 Å². The summed E-state index contributed by atoms with van der Waals surface area (Å²) >= 11 is 6.10. The highest BCUT2D eigenvalue weighted by Gasteiger charge is 2.46. The number of anilines is 2. The Kier molecular flexibility index (Phi) is 6.89. The number of pyridine rings is 1. The Bertz CT molecular complexity index is 1480. The second kappa shape index (κ2) is 10.2. The molecule has 1 fully saturated rings. The standard InChI is InChI=1S/C26H23ClF2N6O4/c1-14(36)39-12-20(37)34-10-15(11-34)32-25-31-9-16-22(33-25)26(2,17-5-3-6-18(27)21(17)29)13-35(24(16)38)23-19(28)7-4-8-30-23/h3-9,15H,10-13H2,1-2H3,(H,31,32,33). The van der Waals surface area contributed by atoms with Crippen LogP contribution in [-0.2, 0) is 19.7 Å². The van der Waals surface area contributed by atoms with Crippen LogP contribution in [0.25, 0.3) is 0 Å². The topological polar surface area (TPSA) is 118 Å².